The van der Waals surface area contributed by atoms with Gasteiger partial charge in [0.15, 0.2) is 0 Å². The van der Waals surface area contributed by atoms with Crippen molar-refractivity contribution in [3.05, 3.63) is 54.1 Å². The molecule has 1 atom stereocenters. The normalized spacial score (nSPS) is 12.2. The molecule has 0 heterocycles. The molecule has 2 nitrogen and oxygen atoms in total. The van der Waals surface area contributed by atoms with Gasteiger partial charge in [0, 0.05) is 10.9 Å². The topological polar surface area (TPSA) is 21.3 Å². The number of ether oxygens (including phenoxy) is 1. The van der Waals surface area contributed by atoms with Crippen LogP contribution in [-0.2, 0) is 0 Å². The summed E-state index contributed by atoms with van der Waals surface area (Å²) in [4.78, 5) is 1.24. The Morgan fingerprint density at radius 3 is 1.95 bits per heavy atom. The molecule has 0 fully saturated rings. The molecule has 19 heavy (non-hydrogen) atoms. The first-order valence-electron chi connectivity index (χ1n) is 6.32. The van der Waals surface area contributed by atoms with Gasteiger partial charge in [0.25, 0.3) is 0 Å². The Labute approximate surface area is 119 Å². The lowest BCUT2D eigenvalue weighted by atomic mass is 10.1. The van der Waals surface area contributed by atoms with Gasteiger partial charge in [-0.2, -0.15) is 0 Å². The Morgan fingerprint density at radius 1 is 0.947 bits per heavy atom. The molecule has 2 rings (SSSR count). The zero-order valence-corrected chi connectivity index (χ0v) is 12.3. The van der Waals surface area contributed by atoms with Gasteiger partial charge in [-0.15, -0.1) is 11.8 Å². The van der Waals surface area contributed by atoms with Crippen LogP contribution in [0, 0.1) is 0 Å². The van der Waals surface area contributed by atoms with E-state index in [-0.39, 0.29) is 0 Å². The van der Waals surface area contributed by atoms with Crippen molar-refractivity contribution in [2.75, 3.05) is 13.3 Å². The van der Waals surface area contributed by atoms with Crippen molar-refractivity contribution in [3.63, 3.8) is 0 Å². The monoisotopic (exact) mass is 273 g/mol. The summed E-state index contributed by atoms with van der Waals surface area (Å²) in [5.74, 6) is 1.73. The lowest BCUT2D eigenvalue weighted by Gasteiger charge is -2.11. The minimum Gasteiger partial charge on any atom is -0.457 e. The van der Waals surface area contributed by atoms with Crippen LogP contribution in [0.5, 0.6) is 11.5 Å². The lowest BCUT2D eigenvalue weighted by Crippen LogP contribution is -2.11. The van der Waals surface area contributed by atoms with Crippen LogP contribution in [0.3, 0.4) is 0 Å². The summed E-state index contributed by atoms with van der Waals surface area (Å²) in [7, 11) is 1.96. The fourth-order valence-corrected chi connectivity index (χ4v) is 2.18. The van der Waals surface area contributed by atoms with Crippen LogP contribution in [0.4, 0.5) is 0 Å². The Morgan fingerprint density at radius 2 is 1.47 bits per heavy atom. The highest BCUT2D eigenvalue weighted by atomic mass is 32.2. The number of hydrogen-bond donors (Lipinski definition) is 1. The molecule has 0 aliphatic heterocycles. The predicted octanol–water partition coefficient (Wildman–Crippen LogP) is 4.48. The molecule has 2 aromatic carbocycles. The first kappa shape index (κ1) is 14.0. The highest BCUT2D eigenvalue weighted by molar-refractivity contribution is 7.98. The highest BCUT2D eigenvalue weighted by Crippen LogP contribution is 2.25. The Balaban J connectivity index is 2.06. The second-order valence-electron chi connectivity index (χ2n) is 4.36. The third-order valence-electron chi connectivity index (χ3n) is 3.11. The molecule has 0 saturated carbocycles. The van der Waals surface area contributed by atoms with E-state index in [0.29, 0.717) is 6.04 Å². The maximum atomic E-state index is 5.82. The van der Waals surface area contributed by atoms with E-state index < -0.39 is 0 Å². The Kier molecular flexibility index (Phi) is 4.88. The number of thioether (sulfide) groups is 1. The van der Waals surface area contributed by atoms with Crippen molar-refractivity contribution < 1.29 is 4.74 Å². The summed E-state index contributed by atoms with van der Waals surface area (Å²) < 4.78 is 5.82. The molecular formula is C16H19NOS. The van der Waals surface area contributed by atoms with Gasteiger partial charge < -0.3 is 10.1 Å². The van der Waals surface area contributed by atoms with Gasteiger partial charge in [0.05, 0.1) is 0 Å². The number of hydrogen-bond acceptors (Lipinski definition) is 3. The Bertz CT molecular complexity index is 507. The molecule has 3 heteroatoms. The third kappa shape index (κ3) is 3.75. The van der Waals surface area contributed by atoms with Crippen LogP contribution in [0.25, 0.3) is 0 Å². The van der Waals surface area contributed by atoms with Gasteiger partial charge in [-0.3, -0.25) is 0 Å². The van der Waals surface area contributed by atoms with E-state index in [9.17, 15) is 0 Å². The minimum atomic E-state index is 0.356. The van der Waals surface area contributed by atoms with Crippen molar-refractivity contribution in [2.45, 2.75) is 17.9 Å². The van der Waals surface area contributed by atoms with E-state index in [0.717, 1.165) is 11.5 Å². The molecular weight excluding hydrogens is 254 g/mol. The summed E-state index contributed by atoms with van der Waals surface area (Å²) in [5.41, 5.74) is 1.26. The molecule has 1 unspecified atom stereocenters. The van der Waals surface area contributed by atoms with Gasteiger partial charge in [-0.1, -0.05) is 12.1 Å². The van der Waals surface area contributed by atoms with E-state index in [2.05, 4.69) is 42.8 Å². The molecule has 0 bridgehead atoms. The number of rotatable bonds is 5. The van der Waals surface area contributed by atoms with Crippen molar-refractivity contribution in [1.82, 2.24) is 5.32 Å². The molecule has 2 aromatic rings. The Hall–Kier alpha value is -1.45. The maximum Gasteiger partial charge on any atom is 0.127 e. The molecule has 1 N–H and O–H groups in total. The third-order valence-corrected chi connectivity index (χ3v) is 3.85. The number of benzene rings is 2. The summed E-state index contributed by atoms with van der Waals surface area (Å²) >= 11 is 1.73. The molecule has 0 spiro atoms. The summed E-state index contributed by atoms with van der Waals surface area (Å²) in [6.45, 7) is 2.14. The molecule has 0 aliphatic carbocycles. The summed E-state index contributed by atoms with van der Waals surface area (Å²) in [6.07, 6.45) is 2.07. The quantitative estimate of drug-likeness (QED) is 0.811. The van der Waals surface area contributed by atoms with Crippen LogP contribution in [0.15, 0.2) is 53.4 Å². The van der Waals surface area contributed by atoms with E-state index in [1.54, 1.807) is 11.8 Å². The number of nitrogens with one attached hydrogen (secondary N) is 1. The van der Waals surface area contributed by atoms with Crippen LogP contribution >= 0.6 is 11.8 Å². The van der Waals surface area contributed by atoms with Crippen molar-refractivity contribution in [3.8, 4) is 11.5 Å². The van der Waals surface area contributed by atoms with Crippen LogP contribution in [0.2, 0.25) is 0 Å². The molecule has 0 aliphatic rings. The predicted molar refractivity (Wildman–Crippen MR) is 82.2 cm³/mol. The van der Waals surface area contributed by atoms with Gasteiger partial charge in [0.1, 0.15) is 11.5 Å². The first-order valence-corrected chi connectivity index (χ1v) is 7.54. The molecule has 0 radical (unpaired) electrons. The van der Waals surface area contributed by atoms with E-state index in [1.165, 1.54) is 10.5 Å². The average Bonchev–Trinajstić information content (AvgIpc) is 2.48. The summed E-state index contributed by atoms with van der Waals surface area (Å²) in [6, 6.07) is 16.7. The SMILES string of the molecule is CNC(C)c1ccc(Oc2ccc(SC)cc2)cc1. The fourth-order valence-electron chi connectivity index (χ4n) is 1.77. The fraction of sp³-hybridized carbons (Fsp3) is 0.250. The second-order valence-corrected chi connectivity index (χ2v) is 5.24. The van der Waals surface area contributed by atoms with Gasteiger partial charge in [0.2, 0.25) is 0 Å². The molecule has 0 amide bonds. The van der Waals surface area contributed by atoms with E-state index >= 15 is 0 Å². The lowest BCUT2D eigenvalue weighted by molar-refractivity contribution is 0.481. The minimum absolute atomic E-state index is 0.356. The molecule has 0 saturated heterocycles. The van der Waals surface area contributed by atoms with Gasteiger partial charge >= 0.3 is 0 Å². The van der Waals surface area contributed by atoms with E-state index in [1.807, 2.05) is 31.3 Å². The second kappa shape index (κ2) is 6.64. The summed E-state index contributed by atoms with van der Waals surface area (Å²) in [5, 5.41) is 3.22. The zero-order chi connectivity index (χ0) is 13.7. The molecule has 100 valence electrons. The van der Waals surface area contributed by atoms with Crippen molar-refractivity contribution >= 4 is 11.8 Å². The van der Waals surface area contributed by atoms with Crippen molar-refractivity contribution in [2.24, 2.45) is 0 Å². The van der Waals surface area contributed by atoms with Gasteiger partial charge in [-0.05, 0) is 62.2 Å². The van der Waals surface area contributed by atoms with Crippen LogP contribution in [-0.4, -0.2) is 13.3 Å². The molecule has 0 aromatic heterocycles. The average molecular weight is 273 g/mol. The zero-order valence-electron chi connectivity index (χ0n) is 11.5. The first-order chi connectivity index (χ1) is 9.22. The van der Waals surface area contributed by atoms with Crippen LogP contribution < -0.4 is 10.1 Å². The van der Waals surface area contributed by atoms with Gasteiger partial charge in [-0.25, -0.2) is 0 Å². The van der Waals surface area contributed by atoms with E-state index in [4.69, 9.17) is 4.74 Å². The largest absolute Gasteiger partial charge is 0.457 e. The standard InChI is InChI=1S/C16H19NOS/c1-12(17-2)13-4-6-14(7-5-13)18-15-8-10-16(19-3)11-9-15/h4-12,17H,1-3H3. The van der Waals surface area contributed by atoms with Crippen molar-refractivity contribution in [1.29, 1.82) is 0 Å². The van der Waals surface area contributed by atoms with Crippen LogP contribution in [0.1, 0.15) is 18.5 Å². The smallest absolute Gasteiger partial charge is 0.127 e. The maximum absolute atomic E-state index is 5.82. The highest BCUT2D eigenvalue weighted by Gasteiger charge is 2.03.